The van der Waals surface area contributed by atoms with Gasteiger partial charge >= 0.3 is 0 Å². The molecule has 0 amide bonds. The molecule has 0 aliphatic rings. The van der Waals surface area contributed by atoms with E-state index in [0.717, 1.165) is 12.1 Å². The standard InChI is InChI=1S/C19H14ClF3N4O/c1-9-16(17-12(22)7-11(28-3)8-13(17)23)18(26(2)25-9)27-15-5-4-10(21)6-14(15)24-19(27)20/h4-8H,1-3H3. The molecule has 4 rings (SSSR count). The molecule has 0 fully saturated rings. The van der Waals surface area contributed by atoms with E-state index >= 15 is 0 Å². The van der Waals surface area contributed by atoms with E-state index in [1.165, 1.54) is 34.6 Å². The van der Waals surface area contributed by atoms with E-state index < -0.39 is 17.5 Å². The zero-order valence-electron chi connectivity index (χ0n) is 15.1. The third-order valence-electron chi connectivity index (χ3n) is 4.48. The number of ether oxygens (including phenoxy) is 1. The Morgan fingerprint density at radius 1 is 1.04 bits per heavy atom. The molecule has 0 aliphatic carbocycles. The lowest BCUT2D eigenvalue weighted by molar-refractivity contribution is 0.407. The van der Waals surface area contributed by atoms with Gasteiger partial charge in [0.25, 0.3) is 0 Å². The van der Waals surface area contributed by atoms with Crippen molar-refractivity contribution in [1.29, 1.82) is 0 Å². The van der Waals surface area contributed by atoms with Gasteiger partial charge in [-0.25, -0.2) is 18.2 Å². The first-order valence-electron chi connectivity index (χ1n) is 8.22. The summed E-state index contributed by atoms with van der Waals surface area (Å²) in [4.78, 5) is 4.15. The molecule has 0 aliphatic heterocycles. The van der Waals surface area contributed by atoms with Crippen molar-refractivity contribution in [3.05, 3.63) is 58.8 Å². The molecule has 2 aromatic carbocycles. The summed E-state index contributed by atoms with van der Waals surface area (Å²) in [6, 6.07) is 6.18. The highest BCUT2D eigenvalue weighted by Crippen LogP contribution is 2.38. The molecule has 144 valence electrons. The number of nitrogens with zero attached hydrogens (tertiary/aromatic N) is 4. The number of benzene rings is 2. The molecular formula is C19H14ClF3N4O. The van der Waals surface area contributed by atoms with Crippen molar-refractivity contribution in [3.8, 4) is 22.7 Å². The number of aromatic nitrogens is 4. The van der Waals surface area contributed by atoms with E-state index in [1.807, 2.05) is 0 Å². The maximum absolute atomic E-state index is 14.8. The lowest BCUT2D eigenvalue weighted by atomic mass is 10.0. The Balaban J connectivity index is 2.07. The van der Waals surface area contributed by atoms with Crippen LogP contribution in [-0.4, -0.2) is 26.4 Å². The molecule has 2 heterocycles. The van der Waals surface area contributed by atoms with Crippen LogP contribution < -0.4 is 4.74 Å². The van der Waals surface area contributed by atoms with E-state index in [-0.39, 0.29) is 22.2 Å². The van der Waals surface area contributed by atoms with Crippen LogP contribution in [0.3, 0.4) is 0 Å². The third kappa shape index (κ3) is 2.72. The fourth-order valence-corrected chi connectivity index (χ4v) is 3.59. The quantitative estimate of drug-likeness (QED) is 0.490. The van der Waals surface area contributed by atoms with E-state index in [4.69, 9.17) is 16.3 Å². The number of halogens is 4. The van der Waals surface area contributed by atoms with Crippen LogP contribution in [0.15, 0.2) is 30.3 Å². The maximum Gasteiger partial charge on any atom is 0.209 e. The molecule has 0 radical (unpaired) electrons. The van der Waals surface area contributed by atoms with Crippen LogP contribution in [0.2, 0.25) is 5.28 Å². The van der Waals surface area contributed by atoms with Gasteiger partial charge in [-0.05, 0) is 30.7 Å². The number of fused-ring (bicyclic) bond motifs is 1. The van der Waals surface area contributed by atoms with Gasteiger partial charge in [-0.3, -0.25) is 9.25 Å². The Kier molecular flexibility index (Phi) is 4.30. The molecule has 9 heteroatoms. The van der Waals surface area contributed by atoms with Crippen LogP contribution in [0.4, 0.5) is 13.2 Å². The highest BCUT2D eigenvalue weighted by atomic mass is 35.5. The first-order valence-corrected chi connectivity index (χ1v) is 8.60. The second kappa shape index (κ2) is 6.56. The van der Waals surface area contributed by atoms with Crippen LogP contribution in [-0.2, 0) is 7.05 Å². The molecule has 0 atom stereocenters. The van der Waals surface area contributed by atoms with Crippen LogP contribution in [0, 0.1) is 24.4 Å². The summed E-state index contributed by atoms with van der Waals surface area (Å²) >= 11 is 6.30. The van der Waals surface area contributed by atoms with Crippen LogP contribution in [0.1, 0.15) is 5.69 Å². The molecule has 0 saturated heterocycles. The van der Waals surface area contributed by atoms with E-state index in [1.54, 1.807) is 14.0 Å². The molecule has 0 spiro atoms. The number of methoxy groups -OCH3 is 1. The van der Waals surface area contributed by atoms with Crippen LogP contribution >= 0.6 is 11.6 Å². The van der Waals surface area contributed by atoms with Crippen molar-refractivity contribution >= 4 is 22.6 Å². The average molecular weight is 407 g/mol. The van der Waals surface area contributed by atoms with Gasteiger partial charge in [0.2, 0.25) is 5.28 Å². The van der Waals surface area contributed by atoms with Gasteiger partial charge in [-0.15, -0.1) is 0 Å². The average Bonchev–Trinajstić information content (AvgIpc) is 3.08. The summed E-state index contributed by atoms with van der Waals surface area (Å²) in [7, 11) is 2.95. The first kappa shape index (κ1) is 18.4. The number of imidazole rings is 1. The van der Waals surface area contributed by atoms with Gasteiger partial charge in [0.05, 0.1) is 35.0 Å². The van der Waals surface area contributed by atoms with Crippen molar-refractivity contribution in [2.24, 2.45) is 7.05 Å². The van der Waals surface area contributed by atoms with Gasteiger partial charge in [0.1, 0.15) is 29.0 Å². The summed E-state index contributed by atoms with van der Waals surface area (Å²) in [5.74, 6) is -1.72. The number of hydrogen-bond donors (Lipinski definition) is 0. The number of rotatable bonds is 3. The zero-order chi connectivity index (χ0) is 20.2. The topological polar surface area (TPSA) is 44.9 Å². The predicted octanol–water partition coefficient (Wildman–Crippen LogP) is 4.81. The first-order chi connectivity index (χ1) is 13.3. The Bertz CT molecular complexity index is 1210. The number of aryl methyl sites for hydroxylation is 2. The molecule has 0 bridgehead atoms. The second-order valence-corrected chi connectivity index (χ2v) is 6.56. The minimum absolute atomic E-state index is 0.0131. The maximum atomic E-state index is 14.8. The van der Waals surface area contributed by atoms with Gasteiger partial charge in [0, 0.05) is 25.2 Å². The summed E-state index contributed by atoms with van der Waals surface area (Å²) < 4.78 is 51.0. The molecule has 0 saturated carbocycles. The highest BCUT2D eigenvalue weighted by Gasteiger charge is 2.26. The Hall–Kier alpha value is -3.00. The normalized spacial score (nSPS) is 11.4. The van der Waals surface area contributed by atoms with Crippen molar-refractivity contribution in [3.63, 3.8) is 0 Å². The molecule has 28 heavy (non-hydrogen) atoms. The SMILES string of the molecule is COc1cc(F)c(-c2c(C)nn(C)c2-n2c(Cl)nc3cc(F)ccc32)c(F)c1. The predicted molar refractivity (Wildman–Crippen MR) is 99.4 cm³/mol. The number of hydrogen-bond acceptors (Lipinski definition) is 3. The van der Waals surface area contributed by atoms with Crippen LogP contribution in [0.5, 0.6) is 5.75 Å². The molecule has 4 aromatic rings. The Morgan fingerprint density at radius 3 is 2.36 bits per heavy atom. The lowest BCUT2D eigenvalue weighted by Gasteiger charge is -2.12. The summed E-state index contributed by atoms with van der Waals surface area (Å²) in [6.45, 7) is 1.63. The summed E-state index contributed by atoms with van der Waals surface area (Å²) in [5, 5.41) is 4.32. The highest BCUT2D eigenvalue weighted by molar-refractivity contribution is 6.29. The Labute approximate surface area is 162 Å². The minimum Gasteiger partial charge on any atom is -0.497 e. The van der Waals surface area contributed by atoms with Crippen LogP contribution in [0.25, 0.3) is 28.0 Å². The van der Waals surface area contributed by atoms with Gasteiger partial charge in [-0.1, -0.05) is 0 Å². The molecule has 0 N–H and O–H groups in total. The van der Waals surface area contributed by atoms with E-state index in [0.29, 0.717) is 22.5 Å². The monoisotopic (exact) mass is 406 g/mol. The minimum atomic E-state index is -0.805. The fourth-order valence-electron chi connectivity index (χ4n) is 3.33. The second-order valence-electron chi connectivity index (χ2n) is 6.22. The van der Waals surface area contributed by atoms with Crippen molar-refractivity contribution in [2.75, 3.05) is 7.11 Å². The largest absolute Gasteiger partial charge is 0.497 e. The van der Waals surface area contributed by atoms with Gasteiger partial charge < -0.3 is 4.74 Å². The van der Waals surface area contributed by atoms with Crippen molar-refractivity contribution in [1.82, 2.24) is 19.3 Å². The van der Waals surface area contributed by atoms with E-state index in [9.17, 15) is 13.2 Å². The molecule has 5 nitrogen and oxygen atoms in total. The zero-order valence-corrected chi connectivity index (χ0v) is 15.9. The summed E-state index contributed by atoms with van der Waals surface area (Å²) in [6.07, 6.45) is 0. The van der Waals surface area contributed by atoms with Gasteiger partial charge in [-0.2, -0.15) is 5.10 Å². The van der Waals surface area contributed by atoms with Gasteiger partial charge in [0.15, 0.2) is 0 Å². The van der Waals surface area contributed by atoms with E-state index in [2.05, 4.69) is 10.1 Å². The third-order valence-corrected chi connectivity index (χ3v) is 4.73. The molecular weight excluding hydrogens is 393 g/mol. The molecule has 0 unspecified atom stereocenters. The molecule has 2 aromatic heterocycles. The lowest BCUT2D eigenvalue weighted by Crippen LogP contribution is -2.05. The summed E-state index contributed by atoms with van der Waals surface area (Å²) in [5.41, 5.74) is 1.13. The smallest absolute Gasteiger partial charge is 0.209 e. The Morgan fingerprint density at radius 2 is 1.71 bits per heavy atom. The van der Waals surface area contributed by atoms with Crippen molar-refractivity contribution < 1.29 is 17.9 Å². The fraction of sp³-hybridized carbons (Fsp3) is 0.158. The van der Waals surface area contributed by atoms with Crippen molar-refractivity contribution in [2.45, 2.75) is 6.92 Å².